The van der Waals surface area contributed by atoms with Gasteiger partial charge in [-0.1, -0.05) is 13.8 Å². The number of hydrogen-bond acceptors (Lipinski definition) is 7. The monoisotopic (exact) mass is 342 g/mol. The standard InChI is InChI=1S/C15H22N2O5S/c1-6-17(7-2)8-10(18)16-13-11(14(19)21-4)9(3)12(23-13)15(20)22-5/h6-8H2,1-5H3,(H,16,18). The van der Waals surface area contributed by atoms with Crippen LogP contribution in [-0.2, 0) is 14.3 Å². The number of esters is 2. The summed E-state index contributed by atoms with van der Waals surface area (Å²) >= 11 is 1.01. The fourth-order valence-electron chi connectivity index (χ4n) is 2.05. The highest BCUT2D eigenvalue weighted by Crippen LogP contribution is 2.34. The molecule has 7 nitrogen and oxygen atoms in total. The Balaban J connectivity index is 3.11. The number of likely N-dealkylation sites (N-methyl/N-ethyl adjacent to an activating group) is 1. The first-order valence-corrected chi connectivity index (χ1v) is 8.03. The van der Waals surface area contributed by atoms with Crippen LogP contribution in [0, 0.1) is 6.92 Å². The van der Waals surface area contributed by atoms with Gasteiger partial charge in [0.05, 0.1) is 26.3 Å². The van der Waals surface area contributed by atoms with Crippen molar-refractivity contribution in [3.63, 3.8) is 0 Å². The van der Waals surface area contributed by atoms with E-state index in [1.54, 1.807) is 6.92 Å². The van der Waals surface area contributed by atoms with Crippen molar-refractivity contribution >= 4 is 34.2 Å². The highest BCUT2D eigenvalue weighted by molar-refractivity contribution is 7.18. The molecule has 8 heteroatoms. The molecular formula is C15H22N2O5S. The van der Waals surface area contributed by atoms with E-state index in [-0.39, 0.29) is 22.9 Å². The number of carbonyl (C=O) groups excluding carboxylic acids is 3. The van der Waals surface area contributed by atoms with Gasteiger partial charge in [0.1, 0.15) is 9.88 Å². The summed E-state index contributed by atoms with van der Waals surface area (Å²) in [6.45, 7) is 7.23. The first kappa shape index (κ1) is 19.1. The Morgan fingerprint density at radius 2 is 1.65 bits per heavy atom. The van der Waals surface area contributed by atoms with Gasteiger partial charge in [0, 0.05) is 0 Å². The SMILES string of the molecule is CCN(CC)CC(=O)Nc1sc(C(=O)OC)c(C)c1C(=O)OC. The predicted molar refractivity (Wildman–Crippen MR) is 88.2 cm³/mol. The maximum atomic E-state index is 12.1. The Kier molecular flexibility index (Phi) is 7.18. The Hall–Kier alpha value is -1.93. The number of nitrogens with zero attached hydrogens (tertiary/aromatic N) is 1. The first-order valence-electron chi connectivity index (χ1n) is 7.21. The number of methoxy groups -OCH3 is 2. The summed E-state index contributed by atoms with van der Waals surface area (Å²) in [6.07, 6.45) is 0. The van der Waals surface area contributed by atoms with Crippen LogP contribution in [0.5, 0.6) is 0 Å². The smallest absolute Gasteiger partial charge is 0.348 e. The number of rotatable bonds is 7. The Labute approximate surface area is 139 Å². The number of carbonyl (C=O) groups is 3. The average molecular weight is 342 g/mol. The van der Waals surface area contributed by atoms with Crippen molar-refractivity contribution in [3.05, 3.63) is 16.0 Å². The van der Waals surface area contributed by atoms with Crippen LogP contribution >= 0.6 is 11.3 Å². The fourth-order valence-corrected chi connectivity index (χ4v) is 3.18. The van der Waals surface area contributed by atoms with E-state index in [1.807, 2.05) is 18.7 Å². The molecule has 0 saturated carbocycles. The summed E-state index contributed by atoms with van der Waals surface area (Å²) in [5.41, 5.74) is 0.623. The van der Waals surface area contributed by atoms with Crippen LogP contribution in [0.4, 0.5) is 5.00 Å². The topological polar surface area (TPSA) is 84.9 Å². The zero-order valence-corrected chi connectivity index (χ0v) is 14.8. The van der Waals surface area contributed by atoms with Crippen molar-refractivity contribution in [1.29, 1.82) is 0 Å². The molecule has 1 amide bonds. The van der Waals surface area contributed by atoms with Crippen molar-refractivity contribution in [3.8, 4) is 0 Å². The quantitative estimate of drug-likeness (QED) is 0.762. The third-order valence-corrected chi connectivity index (χ3v) is 4.61. The van der Waals surface area contributed by atoms with Gasteiger partial charge in [-0.3, -0.25) is 9.69 Å². The molecule has 0 spiro atoms. The second kappa shape index (κ2) is 8.64. The molecule has 0 bridgehead atoms. The maximum Gasteiger partial charge on any atom is 0.348 e. The van der Waals surface area contributed by atoms with Gasteiger partial charge in [0.2, 0.25) is 5.91 Å². The van der Waals surface area contributed by atoms with E-state index >= 15 is 0 Å². The summed E-state index contributed by atoms with van der Waals surface area (Å²) in [6, 6.07) is 0. The van der Waals surface area contributed by atoms with E-state index in [2.05, 4.69) is 5.32 Å². The highest BCUT2D eigenvalue weighted by Gasteiger charge is 2.26. The van der Waals surface area contributed by atoms with Crippen LogP contribution in [-0.4, -0.2) is 56.6 Å². The summed E-state index contributed by atoms with van der Waals surface area (Å²) in [4.78, 5) is 38.1. The molecule has 0 saturated heterocycles. The number of thiophene rings is 1. The van der Waals surface area contributed by atoms with Gasteiger partial charge in [-0.25, -0.2) is 9.59 Å². The van der Waals surface area contributed by atoms with Crippen LogP contribution in [0.1, 0.15) is 39.4 Å². The van der Waals surface area contributed by atoms with Crippen LogP contribution in [0.25, 0.3) is 0 Å². The van der Waals surface area contributed by atoms with Gasteiger partial charge in [0.25, 0.3) is 0 Å². The molecule has 0 aliphatic rings. The van der Waals surface area contributed by atoms with E-state index in [0.29, 0.717) is 10.6 Å². The van der Waals surface area contributed by atoms with Crippen LogP contribution in [0.2, 0.25) is 0 Å². The zero-order valence-electron chi connectivity index (χ0n) is 14.0. The molecule has 0 aliphatic carbocycles. The van der Waals surface area contributed by atoms with E-state index < -0.39 is 11.9 Å². The van der Waals surface area contributed by atoms with Gasteiger partial charge >= 0.3 is 11.9 Å². The predicted octanol–water partition coefficient (Wildman–Crippen LogP) is 1.91. The number of nitrogens with one attached hydrogen (secondary N) is 1. The van der Waals surface area contributed by atoms with Crippen molar-refractivity contribution in [2.45, 2.75) is 20.8 Å². The normalized spacial score (nSPS) is 10.5. The Morgan fingerprint density at radius 1 is 1.09 bits per heavy atom. The van der Waals surface area contributed by atoms with E-state index in [0.717, 1.165) is 24.4 Å². The van der Waals surface area contributed by atoms with Crippen molar-refractivity contribution in [1.82, 2.24) is 4.90 Å². The molecule has 1 rings (SSSR count). The minimum Gasteiger partial charge on any atom is -0.465 e. The van der Waals surface area contributed by atoms with Gasteiger partial charge in [0.15, 0.2) is 0 Å². The van der Waals surface area contributed by atoms with Gasteiger partial charge in [-0.2, -0.15) is 0 Å². The minimum atomic E-state index is -0.605. The molecular weight excluding hydrogens is 320 g/mol. The number of amides is 1. The summed E-state index contributed by atoms with van der Waals surface area (Å²) in [7, 11) is 2.51. The largest absolute Gasteiger partial charge is 0.465 e. The lowest BCUT2D eigenvalue weighted by Gasteiger charge is -2.17. The second-order valence-electron chi connectivity index (χ2n) is 4.75. The summed E-state index contributed by atoms with van der Waals surface area (Å²) < 4.78 is 9.44. The Morgan fingerprint density at radius 3 is 2.13 bits per heavy atom. The third-order valence-electron chi connectivity index (χ3n) is 3.42. The lowest BCUT2D eigenvalue weighted by atomic mass is 10.1. The minimum absolute atomic E-state index is 0.186. The molecule has 1 heterocycles. The number of hydrogen-bond donors (Lipinski definition) is 1. The molecule has 0 atom stereocenters. The van der Waals surface area contributed by atoms with Crippen LogP contribution in [0.3, 0.4) is 0 Å². The molecule has 1 aromatic rings. The van der Waals surface area contributed by atoms with E-state index in [4.69, 9.17) is 9.47 Å². The summed E-state index contributed by atoms with van der Waals surface area (Å²) in [5, 5.41) is 2.99. The fraction of sp³-hybridized carbons (Fsp3) is 0.533. The molecule has 0 aromatic carbocycles. The lowest BCUT2D eigenvalue weighted by molar-refractivity contribution is -0.117. The van der Waals surface area contributed by atoms with Crippen molar-refractivity contribution in [2.24, 2.45) is 0 Å². The molecule has 0 radical (unpaired) electrons. The van der Waals surface area contributed by atoms with Gasteiger partial charge in [-0.05, 0) is 25.6 Å². The molecule has 23 heavy (non-hydrogen) atoms. The highest BCUT2D eigenvalue weighted by atomic mass is 32.1. The number of anilines is 1. The first-order chi connectivity index (χ1) is 10.9. The maximum absolute atomic E-state index is 12.1. The third kappa shape index (κ3) is 4.52. The molecule has 0 aliphatic heterocycles. The van der Waals surface area contributed by atoms with Crippen LogP contribution < -0.4 is 5.32 Å². The van der Waals surface area contributed by atoms with E-state index in [9.17, 15) is 14.4 Å². The van der Waals surface area contributed by atoms with E-state index in [1.165, 1.54) is 14.2 Å². The average Bonchev–Trinajstić information content (AvgIpc) is 2.87. The molecule has 128 valence electrons. The second-order valence-corrected chi connectivity index (χ2v) is 5.77. The van der Waals surface area contributed by atoms with Crippen molar-refractivity contribution in [2.75, 3.05) is 39.2 Å². The van der Waals surface area contributed by atoms with Crippen molar-refractivity contribution < 1.29 is 23.9 Å². The molecule has 0 fully saturated rings. The number of ether oxygens (including phenoxy) is 2. The Bertz CT molecular complexity index is 593. The molecule has 1 N–H and O–H groups in total. The lowest BCUT2D eigenvalue weighted by Crippen LogP contribution is -2.33. The van der Waals surface area contributed by atoms with Gasteiger partial charge in [-0.15, -0.1) is 11.3 Å². The molecule has 0 unspecified atom stereocenters. The molecule has 1 aromatic heterocycles. The van der Waals surface area contributed by atoms with Crippen LogP contribution in [0.15, 0.2) is 0 Å². The summed E-state index contributed by atoms with van der Waals surface area (Å²) in [5.74, 6) is -1.41. The zero-order chi connectivity index (χ0) is 17.6. The van der Waals surface area contributed by atoms with Gasteiger partial charge < -0.3 is 14.8 Å².